The van der Waals surface area contributed by atoms with Crippen molar-refractivity contribution in [1.29, 1.82) is 5.26 Å². The molecule has 31 heavy (non-hydrogen) atoms. The van der Waals surface area contributed by atoms with Gasteiger partial charge in [0.05, 0.1) is 28.4 Å². The average Bonchev–Trinajstić information content (AvgIpc) is 3.30. The number of primary sulfonamides is 1. The van der Waals surface area contributed by atoms with Crippen LogP contribution in [0.5, 0.6) is 0 Å². The summed E-state index contributed by atoms with van der Waals surface area (Å²) in [7, 11) is -3.79. The molecule has 11 heteroatoms. The minimum absolute atomic E-state index is 0.0235. The van der Waals surface area contributed by atoms with Crippen molar-refractivity contribution in [3.8, 4) is 6.07 Å². The number of sulfonamides is 1. The second-order valence-corrected chi connectivity index (χ2v) is 8.52. The van der Waals surface area contributed by atoms with E-state index >= 15 is 0 Å². The Balaban J connectivity index is 1.37. The van der Waals surface area contributed by atoms with Gasteiger partial charge in [-0.3, -0.25) is 0 Å². The Labute approximate surface area is 176 Å². The molecule has 4 aromatic rings. The highest BCUT2D eigenvalue weighted by Crippen LogP contribution is 2.41. The van der Waals surface area contributed by atoms with Crippen molar-refractivity contribution in [3.63, 3.8) is 0 Å². The Bertz CT molecular complexity index is 1490. The molecule has 2 aromatic carbocycles. The molecule has 0 fully saturated rings. The van der Waals surface area contributed by atoms with E-state index in [-0.39, 0.29) is 22.7 Å². The van der Waals surface area contributed by atoms with E-state index in [1.54, 1.807) is 6.07 Å². The Morgan fingerprint density at radius 3 is 2.55 bits per heavy atom. The summed E-state index contributed by atoms with van der Waals surface area (Å²) < 4.78 is 38.9. The highest BCUT2D eigenvalue weighted by Gasteiger charge is 2.34. The number of nitrogens with two attached hydrogens (primary N) is 1. The average molecular weight is 435 g/mol. The van der Waals surface area contributed by atoms with E-state index in [9.17, 15) is 12.8 Å². The van der Waals surface area contributed by atoms with Crippen molar-refractivity contribution in [3.05, 3.63) is 66.2 Å². The second kappa shape index (κ2) is 6.76. The number of hydrogen-bond acceptors (Lipinski definition) is 7. The lowest BCUT2D eigenvalue weighted by Gasteiger charge is -2.10. The molecule has 1 unspecified atom stereocenters. The Kier molecular flexibility index (Phi) is 4.14. The van der Waals surface area contributed by atoms with Gasteiger partial charge >= 0.3 is 0 Å². The van der Waals surface area contributed by atoms with Crippen LogP contribution in [0, 0.1) is 17.1 Å². The van der Waals surface area contributed by atoms with Gasteiger partial charge in [0, 0.05) is 16.8 Å². The van der Waals surface area contributed by atoms with Crippen LogP contribution < -0.4 is 15.8 Å². The fourth-order valence-electron chi connectivity index (χ4n) is 3.40. The first-order valence-corrected chi connectivity index (χ1v) is 10.6. The number of nitrogens with zero attached hydrogens (tertiary/aromatic N) is 4. The lowest BCUT2D eigenvalue weighted by Crippen LogP contribution is -2.11. The number of halogens is 1. The van der Waals surface area contributed by atoms with Crippen LogP contribution in [0.3, 0.4) is 0 Å². The van der Waals surface area contributed by atoms with Crippen LogP contribution >= 0.6 is 0 Å². The number of anilines is 4. The first-order chi connectivity index (χ1) is 14.8. The number of nitrogens with one attached hydrogen (secondary N) is 2. The highest BCUT2D eigenvalue weighted by molar-refractivity contribution is 7.89. The Morgan fingerprint density at radius 2 is 1.84 bits per heavy atom. The summed E-state index contributed by atoms with van der Waals surface area (Å²) in [6, 6.07) is 15.2. The van der Waals surface area contributed by atoms with Crippen molar-refractivity contribution in [2.24, 2.45) is 5.14 Å². The largest absolute Gasteiger partial charge is 0.338 e. The molecule has 0 spiro atoms. The standard InChI is InChI=1S/C20H14FN7O2S/c21-15-10-24-20(26-12-1-4-14(5-2-12)31(23,29)30)27-19(15)25-13-3-6-16-11(7-13)8-17-18(9-22)28(16)17/h1-8,10,18H,(H2,23,29,30)(H2,24,25,26,27). The smallest absolute Gasteiger partial charge is 0.238 e. The zero-order valence-electron chi connectivity index (χ0n) is 15.7. The molecular weight excluding hydrogens is 421 g/mol. The van der Waals surface area contributed by atoms with Gasteiger partial charge < -0.3 is 15.2 Å². The minimum atomic E-state index is -3.79. The third-order valence-corrected chi connectivity index (χ3v) is 5.84. The van der Waals surface area contributed by atoms with Crippen LogP contribution in [0.1, 0.15) is 11.7 Å². The summed E-state index contributed by atoms with van der Waals surface area (Å²) in [4.78, 5) is 8.04. The quantitative estimate of drug-likeness (QED) is 0.438. The van der Waals surface area contributed by atoms with Crippen LogP contribution in [0.15, 0.2) is 59.6 Å². The maximum Gasteiger partial charge on any atom is 0.238 e. The van der Waals surface area contributed by atoms with Crippen LogP contribution in [0.25, 0.3) is 10.9 Å². The fourth-order valence-corrected chi connectivity index (χ4v) is 3.91. The molecule has 9 nitrogen and oxygen atoms in total. The van der Waals surface area contributed by atoms with E-state index in [0.717, 1.165) is 22.8 Å². The second-order valence-electron chi connectivity index (χ2n) is 6.95. The van der Waals surface area contributed by atoms with Gasteiger partial charge in [-0.2, -0.15) is 10.2 Å². The molecule has 0 amide bonds. The van der Waals surface area contributed by atoms with Gasteiger partial charge in [0.25, 0.3) is 0 Å². The van der Waals surface area contributed by atoms with E-state index < -0.39 is 15.8 Å². The molecule has 2 aromatic heterocycles. The minimum Gasteiger partial charge on any atom is -0.338 e. The summed E-state index contributed by atoms with van der Waals surface area (Å²) in [5.41, 5.74) is 3.05. The Hall–Kier alpha value is -4.01. The molecule has 1 aliphatic rings. The third-order valence-electron chi connectivity index (χ3n) is 4.91. The summed E-state index contributed by atoms with van der Waals surface area (Å²) in [5, 5.41) is 20.9. The fraction of sp³-hybridized carbons (Fsp3) is 0.0500. The van der Waals surface area contributed by atoms with Gasteiger partial charge in [-0.25, -0.2) is 22.9 Å². The maximum absolute atomic E-state index is 14.3. The van der Waals surface area contributed by atoms with Crippen molar-refractivity contribution >= 4 is 44.1 Å². The van der Waals surface area contributed by atoms with E-state index in [1.807, 2.05) is 22.8 Å². The molecule has 4 N–H and O–H groups in total. The van der Waals surface area contributed by atoms with Crippen molar-refractivity contribution in [2.45, 2.75) is 10.9 Å². The lowest BCUT2D eigenvalue weighted by molar-refractivity contribution is 0.598. The predicted molar refractivity (Wildman–Crippen MR) is 112 cm³/mol. The Morgan fingerprint density at radius 1 is 1.10 bits per heavy atom. The summed E-state index contributed by atoms with van der Waals surface area (Å²) in [6.07, 6.45) is 1.03. The van der Waals surface area contributed by atoms with Gasteiger partial charge in [0.2, 0.25) is 16.0 Å². The van der Waals surface area contributed by atoms with E-state index in [4.69, 9.17) is 10.4 Å². The molecule has 3 heterocycles. The number of fused-ring (bicyclic) bond motifs is 3. The molecule has 154 valence electrons. The number of rotatable bonds is 5. The predicted octanol–water partition coefficient (Wildman–Crippen LogP) is 3.13. The number of nitriles is 1. The van der Waals surface area contributed by atoms with E-state index in [1.165, 1.54) is 24.3 Å². The monoisotopic (exact) mass is 435 g/mol. The van der Waals surface area contributed by atoms with Gasteiger partial charge in [-0.1, -0.05) is 0 Å². The molecule has 0 bridgehead atoms. The molecule has 0 saturated carbocycles. The number of hydrogen-bond donors (Lipinski definition) is 3. The van der Waals surface area contributed by atoms with Gasteiger partial charge in [0.15, 0.2) is 17.7 Å². The van der Waals surface area contributed by atoms with Crippen molar-refractivity contribution in [2.75, 3.05) is 10.6 Å². The third kappa shape index (κ3) is 3.43. The van der Waals surface area contributed by atoms with Crippen LogP contribution in [-0.2, 0) is 10.0 Å². The van der Waals surface area contributed by atoms with Gasteiger partial charge in [0.1, 0.15) is 0 Å². The summed E-state index contributed by atoms with van der Waals surface area (Å²) in [5.74, 6) is -0.533. The van der Waals surface area contributed by atoms with Crippen molar-refractivity contribution in [1.82, 2.24) is 14.5 Å². The number of aromatic nitrogens is 3. The first kappa shape index (κ1) is 19.0. The van der Waals surface area contributed by atoms with Crippen LogP contribution in [0.2, 0.25) is 0 Å². The van der Waals surface area contributed by atoms with Gasteiger partial charge in [-0.15, -0.1) is 0 Å². The summed E-state index contributed by atoms with van der Waals surface area (Å²) >= 11 is 0. The van der Waals surface area contributed by atoms with E-state index in [2.05, 4.69) is 26.7 Å². The molecule has 1 aliphatic heterocycles. The van der Waals surface area contributed by atoms with Gasteiger partial charge in [-0.05, 0) is 48.5 Å². The topological polar surface area (TPSA) is 139 Å². The summed E-state index contributed by atoms with van der Waals surface area (Å²) in [6.45, 7) is 0. The molecular formula is C20H14FN7O2S. The highest BCUT2D eigenvalue weighted by atomic mass is 32.2. The zero-order chi connectivity index (χ0) is 21.8. The first-order valence-electron chi connectivity index (χ1n) is 9.07. The molecule has 0 aliphatic carbocycles. The SMILES string of the molecule is N#CC1c2cc3cc(Nc4nc(Nc5ccc(S(N)(=O)=O)cc5)ncc4F)ccc3n21. The van der Waals surface area contributed by atoms with E-state index in [0.29, 0.717) is 11.4 Å². The zero-order valence-corrected chi connectivity index (χ0v) is 16.6. The molecule has 0 saturated heterocycles. The lowest BCUT2D eigenvalue weighted by atomic mass is 10.2. The maximum atomic E-state index is 14.3. The molecule has 5 rings (SSSR count). The van der Waals surface area contributed by atoms with Crippen molar-refractivity contribution < 1.29 is 12.8 Å². The molecule has 1 atom stereocenters. The van der Waals surface area contributed by atoms with Crippen LogP contribution in [0.4, 0.5) is 27.5 Å². The van der Waals surface area contributed by atoms with Crippen LogP contribution in [-0.4, -0.2) is 23.0 Å². The molecule has 0 radical (unpaired) electrons. The number of benzene rings is 2. The normalized spacial score (nSPS) is 14.7.